The van der Waals surface area contributed by atoms with Crippen LogP contribution in [0.1, 0.15) is 20.8 Å². The molecular formula is C10H14O3. The molecule has 0 fully saturated rings. The standard InChI is InChI=1S/C10H14O3/c1-6-8(9(11)12-5)10(3,4)7(2)13-6/h2H2,1,3-5H3. The molecule has 0 radical (unpaired) electrons. The molecule has 0 unspecified atom stereocenters. The fourth-order valence-electron chi connectivity index (χ4n) is 1.44. The summed E-state index contributed by atoms with van der Waals surface area (Å²) >= 11 is 0. The van der Waals surface area contributed by atoms with Crippen LogP contribution in [0.5, 0.6) is 0 Å². The van der Waals surface area contributed by atoms with Gasteiger partial charge in [-0.05, 0) is 20.8 Å². The molecule has 0 spiro atoms. The van der Waals surface area contributed by atoms with Crippen LogP contribution in [0.4, 0.5) is 0 Å². The first-order valence-corrected chi connectivity index (χ1v) is 4.08. The summed E-state index contributed by atoms with van der Waals surface area (Å²) in [5.74, 6) is 0.827. The number of carbonyl (C=O) groups is 1. The van der Waals surface area contributed by atoms with E-state index in [-0.39, 0.29) is 5.97 Å². The summed E-state index contributed by atoms with van der Waals surface area (Å²) < 4.78 is 9.97. The number of esters is 1. The van der Waals surface area contributed by atoms with Crippen LogP contribution in [0.25, 0.3) is 0 Å². The lowest BCUT2D eigenvalue weighted by molar-refractivity contribution is -0.137. The quantitative estimate of drug-likeness (QED) is 0.582. The summed E-state index contributed by atoms with van der Waals surface area (Å²) in [4.78, 5) is 11.4. The van der Waals surface area contributed by atoms with Crippen molar-refractivity contribution in [3.8, 4) is 0 Å². The van der Waals surface area contributed by atoms with Gasteiger partial charge in [-0.15, -0.1) is 0 Å². The molecule has 13 heavy (non-hydrogen) atoms. The van der Waals surface area contributed by atoms with E-state index >= 15 is 0 Å². The van der Waals surface area contributed by atoms with E-state index in [0.29, 0.717) is 17.1 Å². The first kappa shape index (κ1) is 9.84. The lowest BCUT2D eigenvalue weighted by Crippen LogP contribution is -2.20. The maximum Gasteiger partial charge on any atom is 0.338 e. The molecule has 0 aromatic carbocycles. The van der Waals surface area contributed by atoms with Crippen LogP contribution in [0, 0.1) is 5.41 Å². The molecule has 1 heterocycles. The van der Waals surface area contributed by atoms with Gasteiger partial charge in [-0.1, -0.05) is 6.58 Å². The molecule has 1 aliphatic rings. The molecule has 0 saturated heterocycles. The van der Waals surface area contributed by atoms with E-state index in [9.17, 15) is 4.79 Å². The van der Waals surface area contributed by atoms with Gasteiger partial charge in [0, 0.05) is 0 Å². The number of methoxy groups -OCH3 is 1. The Morgan fingerprint density at radius 3 is 2.38 bits per heavy atom. The Kier molecular flexibility index (Phi) is 2.20. The molecule has 1 aliphatic heterocycles. The second-order valence-electron chi connectivity index (χ2n) is 3.57. The van der Waals surface area contributed by atoms with Crippen LogP contribution >= 0.6 is 0 Å². The fourth-order valence-corrected chi connectivity index (χ4v) is 1.44. The molecule has 0 aliphatic carbocycles. The van der Waals surface area contributed by atoms with Gasteiger partial charge in [-0.25, -0.2) is 4.79 Å². The van der Waals surface area contributed by atoms with Crippen LogP contribution < -0.4 is 0 Å². The van der Waals surface area contributed by atoms with Gasteiger partial charge in [0.05, 0.1) is 18.1 Å². The van der Waals surface area contributed by atoms with Crippen molar-refractivity contribution in [3.63, 3.8) is 0 Å². The van der Waals surface area contributed by atoms with Gasteiger partial charge in [0.25, 0.3) is 0 Å². The smallest absolute Gasteiger partial charge is 0.338 e. The van der Waals surface area contributed by atoms with Crippen molar-refractivity contribution >= 4 is 5.97 Å². The highest BCUT2D eigenvalue weighted by molar-refractivity contribution is 5.91. The molecule has 0 N–H and O–H groups in total. The lowest BCUT2D eigenvalue weighted by Gasteiger charge is -2.18. The van der Waals surface area contributed by atoms with E-state index < -0.39 is 5.41 Å². The summed E-state index contributed by atoms with van der Waals surface area (Å²) in [6.45, 7) is 9.27. The molecular weight excluding hydrogens is 168 g/mol. The third-order valence-corrected chi connectivity index (χ3v) is 2.34. The summed E-state index contributed by atoms with van der Waals surface area (Å²) in [5, 5.41) is 0. The Morgan fingerprint density at radius 2 is 2.08 bits per heavy atom. The molecule has 0 bridgehead atoms. The van der Waals surface area contributed by atoms with Gasteiger partial charge >= 0.3 is 5.97 Å². The molecule has 1 rings (SSSR count). The SMILES string of the molecule is C=C1OC(C)=C(C(=O)OC)C1(C)C. The minimum absolute atomic E-state index is 0.346. The van der Waals surface area contributed by atoms with Gasteiger partial charge in [0.15, 0.2) is 0 Å². The first-order valence-electron chi connectivity index (χ1n) is 4.08. The van der Waals surface area contributed by atoms with E-state index in [0.717, 1.165) is 0 Å². The summed E-state index contributed by atoms with van der Waals surface area (Å²) in [5.41, 5.74) is 0.108. The average Bonchev–Trinajstić information content (AvgIpc) is 2.21. The zero-order chi connectivity index (χ0) is 10.2. The Labute approximate surface area is 78.0 Å². The predicted octanol–water partition coefficient (Wildman–Crippen LogP) is 2.00. The van der Waals surface area contributed by atoms with Crippen molar-refractivity contribution in [2.75, 3.05) is 7.11 Å². The van der Waals surface area contributed by atoms with E-state index in [1.165, 1.54) is 7.11 Å². The average molecular weight is 182 g/mol. The minimum Gasteiger partial charge on any atom is -0.466 e. The summed E-state index contributed by atoms with van der Waals surface area (Å²) in [7, 11) is 1.36. The van der Waals surface area contributed by atoms with Crippen LogP contribution in [-0.4, -0.2) is 13.1 Å². The highest BCUT2D eigenvalue weighted by atomic mass is 16.5. The molecule has 3 nitrogen and oxygen atoms in total. The Balaban J connectivity index is 3.13. The topological polar surface area (TPSA) is 35.5 Å². The molecule has 0 aromatic heterocycles. The summed E-state index contributed by atoms with van der Waals surface area (Å²) in [6.07, 6.45) is 0. The second-order valence-corrected chi connectivity index (χ2v) is 3.57. The van der Waals surface area contributed by atoms with Gasteiger partial charge in [-0.2, -0.15) is 0 Å². The van der Waals surface area contributed by atoms with Crippen LogP contribution in [0.15, 0.2) is 23.7 Å². The van der Waals surface area contributed by atoms with Crippen molar-refractivity contribution < 1.29 is 14.3 Å². The van der Waals surface area contributed by atoms with E-state index in [4.69, 9.17) is 4.74 Å². The molecule has 72 valence electrons. The third-order valence-electron chi connectivity index (χ3n) is 2.34. The van der Waals surface area contributed by atoms with Crippen LogP contribution in [0.2, 0.25) is 0 Å². The number of hydrogen-bond acceptors (Lipinski definition) is 3. The maximum absolute atomic E-state index is 11.4. The number of ether oxygens (including phenoxy) is 2. The summed E-state index contributed by atoms with van der Waals surface area (Å²) in [6, 6.07) is 0. The second kappa shape index (κ2) is 2.91. The number of carbonyl (C=O) groups excluding carboxylic acids is 1. The van der Waals surface area contributed by atoms with Crippen molar-refractivity contribution in [3.05, 3.63) is 23.7 Å². The van der Waals surface area contributed by atoms with Crippen molar-refractivity contribution in [2.24, 2.45) is 5.41 Å². The number of rotatable bonds is 1. The highest BCUT2D eigenvalue weighted by Gasteiger charge is 2.41. The highest BCUT2D eigenvalue weighted by Crippen LogP contribution is 2.43. The Bertz CT molecular complexity index is 297. The molecule has 0 saturated carbocycles. The molecule has 0 amide bonds. The zero-order valence-corrected chi connectivity index (χ0v) is 8.43. The van der Waals surface area contributed by atoms with Crippen LogP contribution in [-0.2, 0) is 14.3 Å². The molecule has 0 atom stereocenters. The van der Waals surface area contributed by atoms with E-state index in [2.05, 4.69) is 11.3 Å². The minimum atomic E-state index is -0.447. The largest absolute Gasteiger partial charge is 0.466 e. The van der Waals surface area contributed by atoms with Crippen molar-refractivity contribution in [2.45, 2.75) is 20.8 Å². The molecule has 3 heteroatoms. The molecule has 0 aromatic rings. The Hall–Kier alpha value is -1.25. The van der Waals surface area contributed by atoms with Gasteiger partial charge in [0.1, 0.15) is 11.5 Å². The van der Waals surface area contributed by atoms with E-state index in [1.807, 2.05) is 13.8 Å². The van der Waals surface area contributed by atoms with Gasteiger partial charge < -0.3 is 9.47 Å². The fraction of sp³-hybridized carbons (Fsp3) is 0.500. The lowest BCUT2D eigenvalue weighted by atomic mass is 9.84. The Morgan fingerprint density at radius 1 is 1.54 bits per heavy atom. The monoisotopic (exact) mass is 182 g/mol. The zero-order valence-electron chi connectivity index (χ0n) is 8.43. The van der Waals surface area contributed by atoms with E-state index in [1.54, 1.807) is 6.92 Å². The maximum atomic E-state index is 11.4. The van der Waals surface area contributed by atoms with Gasteiger partial charge in [-0.3, -0.25) is 0 Å². The third kappa shape index (κ3) is 1.34. The van der Waals surface area contributed by atoms with Gasteiger partial charge in [0.2, 0.25) is 0 Å². The van der Waals surface area contributed by atoms with Crippen LogP contribution in [0.3, 0.4) is 0 Å². The normalized spacial score (nSPS) is 20.2. The predicted molar refractivity (Wildman–Crippen MR) is 48.7 cm³/mol. The first-order chi connectivity index (χ1) is 5.91. The van der Waals surface area contributed by atoms with Crippen molar-refractivity contribution in [1.29, 1.82) is 0 Å². The van der Waals surface area contributed by atoms with Crippen molar-refractivity contribution in [1.82, 2.24) is 0 Å². The number of hydrogen-bond donors (Lipinski definition) is 0. The number of allylic oxidation sites excluding steroid dienone is 2.